The minimum Gasteiger partial charge on any atom is -0.481 e. The number of hydrogen-bond donors (Lipinski definition) is 2. The van der Waals surface area contributed by atoms with E-state index in [1.165, 1.54) is 0 Å². The molecule has 0 saturated heterocycles. The lowest BCUT2D eigenvalue weighted by Crippen LogP contribution is -2.19. The summed E-state index contributed by atoms with van der Waals surface area (Å²) in [5.74, 6) is -0.840. The van der Waals surface area contributed by atoms with Crippen LogP contribution in [0.2, 0.25) is 0 Å². The molecule has 2 atom stereocenters. The van der Waals surface area contributed by atoms with Gasteiger partial charge in [-0.15, -0.1) is 10.2 Å². The van der Waals surface area contributed by atoms with Crippen LogP contribution >= 0.6 is 11.8 Å². The van der Waals surface area contributed by atoms with Gasteiger partial charge in [0.15, 0.2) is 5.16 Å². The van der Waals surface area contributed by atoms with Gasteiger partial charge in [0.05, 0.1) is 5.75 Å². The van der Waals surface area contributed by atoms with E-state index < -0.39 is 16.8 Å². The molecule has 0 fully saturated rings. The van der Waals surface area contributed by atoms with Crippen LogP contribution in [0.15, 0.2) is 5.16 Å². The maximum atomic E-state index is 11.3. The number of carboxylic acids is 1. The number of nitrogens with two attached hydrogens (primary N) is 1. The topological polar surface area (TPSA) is 111 Å². The molecule has 0 aliphatic carbocycles. The Morgan fingerprint density at radius 1 is 1.65 bits per heavy atom. The number of anilines is 1. The van der Waals surface area contributed by atoms with Crippen molar-refractivity contribution < 1.29 is 14.1 Å². The van der Waals surface area contributed by atoms with Crippen molar-refractivity contribution in [3.8, 4) is 0 Å². The number of nitrogen functional groups attached to an aromatic ring is 1. The molecule has 1 aromatic rings. The number of thioether (sulfide) groups is 1. The van der Waals surface area contributed by atoms with Crippen molar-refractivity contribution >= 4 is 34.5 Å². The van der Waals surface area contributed by atoms with Gasteiger partial charge in [-0.25, -0.2) is 0 Å². The molecule has 0 spiro atoms. The Morgan fingerprint density at radius 2 is 2.29 bits per heavy atom. The van der Waals surface area contributed by atoms with Gasteiger partial charge in [0.2, 0.25) is 5.95 Å². The Bertz CT molecular complexity index is 434. The van der Waals surface area contributed by atoms with Crippen LogP contribution in [0.5, 0.6) is 0 Å². The molecule has 1 heterocycles. The molecule has 0 aromatic carbocycles. The third kappa shape index (κ3) is 4.00. The smallest absolute Gasteiger partial charge is 0.313 e. The second-order valence-corrected chi connectivity index (χ2v) is 6.19. The molecule has 0 amide bonds. The lowest BCUT2D eigenvalue weighted by Gasteiger charge is -2.11. The van der Waals surface area contributed by atoms with Gasteiger partial charge in [-0.1, -0.05) is 11.8 Å². The largest absolute Gasteiger partial charge is 0.481 e. The molecular weight excluding hydrogens is 264 g/mol. The van der Waals surface area contributed by atoms with E-state index >= 15 is 0 Å². The van der Waals surface area contributed by atoms with E-state index in [0.717, 1.165) is 11.8 Å². The second kappa shape index (κ2) is 6.01. The van der Waals surface area contributed by atoms with Crippen molar-refractivity contribution in [2.24, 2.45) is 0 Å². The monoisotopic (exact) mass is 278 g/mol. The molecule has 3 N–H and O–H groups in total. The summed E-state index contributed by atoms with van der Waals surface area (Å²) in [6.07, 6.45) is 1.61. The average molecular weight is 278 g/mol. The summed E-state index contributed by atoms with van der Waals surface area (Å²) < 4.78 is 12.9. The maximum absolute atomic E-state index is 11.3. The molecule has 0 bridgehead atoms. The van der Waals surface area contributed by atoms with Gasteiger partial charge in [0.25, 0.3) is 0 Å². The van der Waals surface area contributed by atoms with E-state index in [9.17, 15) is 9.00 Å². The summed E-state index contributed by atoms with van der Waals surface area (Å²) in [7, 11) is -0.982. The SMILES string of the molecule is CC(Cn1c(N)nnc1SCC(=O)O)S(C)=O. The van der Waals surface area contributed by atoms with Gasteiger partial charge in [0.1, 0.15) is 0 Å². The Kier molecular flexibility index (Phi) is 4.94. The minimum absolute atomic E-state index is 0.0996. The fourth-order valence-electron chi connectivity index (χ4n) is 1.07. The van der Waals surface area contributed by atoms with E-state index in [4.69, 9.17) is 10.8 Å². The van der Waals surface area contributed by atoms with Crippen LogP contribution in [0.1, 0.15) is 6.92 Å². The first-order chi connectivity index (χ1) is 7.91. The van der Waals surface area contributed by atoms with Crippen molar-refractivity contribution in [2.45, 2.75) is 23.9 Å². The zero-order valence-electron chi connectivity index (χ0n) is 9.49. The predicted molar refractivity (Wildman–Crippen MR) is 66.3 cm³/mol. The normalized spacial score (nSPS) is 14.5. The lowest BCUT2D eigenvalue weighted by molar-refractivity contribution is -0.133. The van der Waals surface area contributed by atoms with Gasteiger partial charge in [0, 0.05) is 28.9 Å². The molecule has 0 saturated carbocycles. The first kappa shape index (κ1) is 14.0. The van der Waals surface area contributed by atoms with Crippen molar-refractivity contribution in [3.05, 3.63) is 0 Å². The van der Waals surface area contributed by atoms with Gasteiger partial charge in [-0.05, 0) is 6.92 Å². The predicted octanol–water partition coefficient (Wildman–Crippen LogP) is -0.196. The van der Waals surface area contributed by atoms with Crippen LogP contribution < -0.4 is 5.73 Å². The quantitative estimate of drug-likeness (QED) is 0.693. The van der Waals surface area contributed by atoms with E-state index in [2.05, 4.69) is 10.2 Å². The first-order valence-electron chi connectivity index (χ1n) is 4.77. The summed E-state index contributed by atoms with van der Waals surface area (Å²) in [5.41, 5.74) is 5.63. The van der Waals surface area contributed by atoms with Crippen molar-refractivity contribution in [2.75, 3.05) is 17.7 Å². The fraction of sp³-hybridized carbons (Fsp3) is 0.625. The third-order valence-corrected chi connectivity index (χ3v) is 4.31. The number of carboxylic acid groups (broad SMARTS) is 1. The molecular formula is C8H14N4O3S2. The number of aromatic nitrogens is 3. The first-order valence-corrected chi connectivity index (χ1v) is 7.38. The van der Waals surface area contributed by atoms with E-state index in [1.807, 2.05) is 6.92 Å². The third-order valence-electron chi connectivity index (χ3n) is 2.08. The Labute approximate surface area is 105 Å². The lowest BCUT2D eigenvalue weighted by atomic mass is 10.5. The van der Waals surface area contributed by atoms with Gasteiger partial charge < -0.3 is 10.8 Å². The van der Waals surface area contributed by atoms with E-state index in [-0.39, 0.29) is 17.0 Å². The average Bonchev–Trinajstić information content (AvgIpc) is 2.57. The minimum atomic E-state index is -0.982. The summed E-state index contributed by atoms with van der Waals surface area (Å²) in [4.78, 5) is 10.5. The Hall–Kier alpha value is -1.09. The highest BCUT2D eigenvalue weighted by Gasteiger charge is 2.15. The number of nitrogens with zero attached hydrogens (tertiary/aromatic N) is 3. The highest BCUT2D eigenvalue weighted by molar-refractivity contribution is 7.99. The van der Waals surface area contributed by atoms with E-state index in [1.54, 1.807) is 10.8 Å². The van der Waals surface area contributed by atoms with Crippen molar-refractivity contribution in [3.63, 3.8) is 0 Å². The molecule has 17 heavy (non-hydrogen) atoms. The van der Waals surface area contributed by atoms with Gasteiger partial charge in [-0.2, -0.15) is 0 Å². The van der Waals surface area contributed by atoms with Crippen LogP contribution in [-0.4, -0.2) is 47.3 Å². The summed E-state index contributed by atoms with van der Waals surface area (Å²) >= 11 is 1.04. The fourth-order valence-corrected chi connectivity index (χ4v) is 2.10. The molecule has 96 valence electrons. The molecule has 7 nitrogen and oxygen atoms in total. The molecule has 1 rings (SSSR count). The molecule has 0 aliphatic heterocycles. The molecule has 0 aliphatic rings. The van der Waals surface area contributed by atoms with Crippen LogP contribution in [-0.2, 0) is 22.1 Å². The van der Waals surface area contributed by atoms with Gasteiger partial charge in [-0.3, -0.25) is 13.6 Å². The Morgan fingerprint density at radius 3 is 2.82 bits per heavy atom. The summed E-state index contributed by atoms with van der Waals surface area (Å²) in [6.45, 7) is 2.23. The standard InChI is InChI=1S/C8H14N4O3S2/c1-5(17(2)15)3-12-7(9)10-11-8(12)16-4-6(13)14/h5H,3-4H2,1-2H3,(H2,9,10)(H,13,14). The molecule has 2 unspecified atom stereocenters. The van der Waals surface area contributed by atoms with Crippen molar-refractivity contribution in [1.82, 2.24) is 14.8 Å². The number of carbonyl (C=O) groups is 1. The van der Waals surface area contributed by atoms with E-state index in [0.29, 0.717) is 11.7 Å². The summed E-state index contributed by atoms with van der Waals surface area (Å²) in [5, 5.41) is 16.4. The van der Waals surface area contributed by atoms with Crippen molar-refractivity contribution in [1.29, 1.82) is 0 Å². The number of aliphatic carboxylic acids is 1. The van der Waals surface area contributed by atoms with Crippen LogP contribution in [0.3, 0.4) is 0 Å². The van der Waals surface area contributed by atoms with Crippen LogP contribution in [0.4, 0.5) is 5.95 Å². The molecule has 1 aromatic heterocycles. The highest BCUT2D eigenvalue weighted by atomic mass is 32.2. The molecule has 0 radical (unpaired) electrons. The maximum Gasteiger partial charge on any atom is 0.313 e. The zero-order valence-corrected chi connectivity index (χ0v) is 11.1. The van der Waals surface area contributed by atoms with Crippen LogP contribution in [0, 0.1) is 0 Å². The number of hydrogen-bond acceptors (Lipinski definition) is 6. The summed E-state index contributed by atoms with van der Waals surface area (Å²) in [6, 6.07) is 0. The van der Waals surface area contributed by atoms with Crippen LogP contribution in [0.25, 0.3) is 0 Å². The Balaban J connectivity index is 2.79. The van der Waals surface area contributed by atoms with Gasteiger partial charge >= 0.3 is 5.97 Å². The highest BCUT2D eigenvalue weighted by Crippen LogP contribution is 2.18. The second-order valence-electron chi connectivity index (χ2n) is 3.44. The molecule has 9 heteroatoms. The number of rotatable bonds is 6. The zero-order chi connectivity index (χ0) is 13.0.